The number of hydrogen-bond donors (Lipinski definition) is 1. The fourth-order valence-corrected chi connectivity index (χ4v) is 2.97. The second-order valence-corrected chi connectivity index (χ2v) is 6.18. The van der Waals surface area contributed by atoms with Crippen LogP contribution in [0.2, 0.25) is 10.0 Å². The molecular weight excluding hydrogens is 307 g/mol. The summed E-state index contributed by atoms with van der Waals surface area (Å²) in [6, 6.07) is 11.4. The maximum atomic E-state index is 9.58. The standard InChI is InChI=1S/C16H12Cl2N2O/c17-10-2-5-13-14(8-10)20(11-3-4-11)16(19-13)9-1-6-15(21)12(18)7-9/h1-2,5-8,11,21H,3-4H2. The van der Waals surface area contributed by atoms with Gasteiger partial charge in [-0.15, -0.1) is 0 Å². The Kier molecular flexibility index (Phi) is 2.88. The number of phenolic OH excluding ortho intramolecular Hbond substituents is 1. The van der Waals surface area contributed by atoms with Crippen molar-refractivity contribution in [1.82, 2.24) is 9.55 Å². The Morgan fingerprint density at radius 1 is 1.10 bits per heavy atom. The van der Waals surface area contributed by atoms with Crippen LogP contribution in [0, 0.1) is 0 Å². The molecule has 0 unspecified atom stereocenters. The van der Waals surface area contributed by atoms with Crippen LogP contribution in [0.5, 0.6) is 5.75 Å². The maximum Gasteiger partial charge on any atom is 0.141 e. The molecule has 0 aliphatic heterocycles. The van der Waals surface area contributed by atoms with Gasteiger partial charge in [-0.25, -0.2) is 4.98 Å². The normalized spacial score (nSPS) is 14.8. The van der Waals surface area contributed by atoms with Gasteiger partial charge in [0.15, 0.2) is 0 Å². The minimum Gasteiger partial charge on any atom is -0.506 e. The number of fused-ring (bicyclic) bond motifs is 1. The van der Waals surface area contributed by atoms with Crippen molar-refractivity contribution in [3.8, 4) is 17.1 Å². The molecule has 21 heavy (non-hydrogen) atoms. The third-order valence-electron chi connectivity index (χ3n) is 3.77. The summed E-state index contributed by atoms with van der Waals surface area (Å²) in [6.07, 6.45) is 2.30. The Hall–Kier alpha value is -1.71. The van der Waals surface area contributed by atoms with E-state index in [0.29, 0.717) is 16.1 Å². The molecule has 1 aromatic heterocycles. The van der Waals surface area contributed by atoms with E-state index < -0.39 is 0 Å². The predicted octanol–water partition coefficient (Wildman–Crippen LogP) is 5.05. The number of aromatic nitrogens is 2. The highest BCUT2D eigenvalue weighted by atomic mass is 35.5. The summed E-state index contributed by atoms with van der Waals surface area (Å²) in [5, 5.41) is 10.6. The molecule has 106 valence electrons. The van der Waals surface area contributed by atoms with Crippen LogP contribution in [0.3, 0.4) is 0 Å². The Labute approximate surface area is 131 Å². The molecule has 4 rings (SSSR count). The third kappa shape index (κ3) is 2.17. The zero-order valence-corrected chi connectivity index (χ0v) is 12.6. The second kappa shape index (κ2) is 4.65. The first-order valence-corrected chi connectivity index (χ1v) is 7.55. The van der Waals surface area contributed by atoms with Gasteiger partial charge in [-0.1, -0.05) is 23.2 Å². The average Bonchev–Trinajstić information content (AvgIpc) is 3.23. The summed E-state index contributed by atoms with van der Waals surface area (Å²) < 4.78 is 2.23. The SMILES string of the molecule is Oc1ccc(-c2nc3ccc(Cl)cc3n2C2CC2)cc1Cl. The molecule has 0 spiro atoms. The van der Waals surface area contributed by atoms with Gasteiger partial charge in [0.05, 0.1) is 16.1 Å². The molecule has 1 fully saturated rings. The summed E-state index contributed by atoms with van der Waals surface area (Å²) in [5.74, 6) is 0.953. The van der Waals surface area contributed by atoms with Crippen LogP contribution < -0.4 is 0 Å². The van der Waals surface area contributed by atoms with Crippen LogP contribution >= 0.6 is 23.2 Å². The van der Waals surface area contributed by atoms with E-state index in [-0.39, 0.29) is 5.75 Å². The monoisotopic (exact) mass is 318 g/mol. The van der Waals surface area contributed by atoms with E-state index in [9.17, 15) is 5.11 Å². The van der Waals surface area contributed by atoms with Gasteiger partial charge in [0.2, 0.25) is 0 Å². The first-order chi connectivity index (χ1) is 10.1. The van der Waals surface area contributed by atoms with Crippen molar-refractivity contribution in [1.29, 1.82) is 0 Å². The Balaban J connectivity index is 1.99. The molecule has 0 saturated heterocycles. The maximum absolute atomic E-state index is 9.58. The number of benzene rings is 2. The van der Waals surface area contributed by atoms with E-state index in [2.05, 4.69) is 4.57 Å². The van der Waals surface area contributed by atoms with Gasteiger partial charge in [0, 0.05) is 16.6 Å². The van der Waals surface area contributed by atoms with E-state index in [1.54, 1.807) is 12.1 Å². The number of rotatable bonds is 2. The average molecular weight is 319 g/mol. The molecule has 1 saturated carbocycles. The van der Waals surface area contributed by atoms with Gasteiger partial charge in [-0.2, -0.15) is 0 Å². The van der Waals surface area contributed by atoms with Crippen molar-refractivity contribution in [3.63, 3.8) is 0 Å². The van der Waals surface area contributed by atoms with Gasteiger partial charge >= 0.3 is 0 Å². The lowest BCUT2D eigenvalue weighted by Gasteiger charge is -2.08. The summed E-state index contributed by atoms with van der Waals surface area (Å²) in [5.41, 5.74) is 2.87. The van der Waals surface area contributed by atoms with E-state index in [1.165, 1.54) is 0 Å². The van der Waals surface area contributed by atoms with E-state index in [1.807, 2.05) is 24.3 Å². The number of hydrogen-bond acceptors (Lipinski definition) is 2. The van der Waals surface area contributed by atoms with Crippen LogP contribution in [0.1, 0.15) is 18.9 Å². The molecule has 3 nitrogen and oxygen atoms in total. The van der Waals surface area contributed by atoms with Crippen molar-refractivity contribution in [2.24, 2.45) is 0 Å². The molecule has 1 heterocycles. The van der Waals surface area contributed by atoms with E-state index >= 15 is 0 Å². The highest BCUT2D eigenvalue weighted by Crippen LogP contribution is 2.42. The minimum absolute atomic E-state index is 0.0811. The molecule has 0 amide bonds. The summed E-state index contributed by atoms with van der Waals surface area (Å²) in [7, 11) is 0. The molecule has 5 heteroatoms. The largest absolute Gasteiger partial charge is 0.506 e. The van der Waals surface area contributed by atoms with Crippen molar-refractivity contribution in [2.45, 2.75) is 18.9 Å². The van der Waals surface area contributed by atoms with Crippen LogP contribution in [-0.2, 0) is 0 Å². The van der Waals surface area contributed by atoms with Gasteiger partial charge in [-0.3, -0.25) is 0 Å². The van der Waals surface area contributed by atoms with Crippen LogP contribution in [0.15, 0.2) is 36.4 Å². The Morgan fingerprint density at radius 3 is 2.62 bits per heavy atom. The Bertz CT molecular complexity index is 853. The minimum atomic E-state index is 0.0811. The van der Waals surface area contributed by atoms with Crippen LogP contribution in [0.25, 0.3) is 22.4 Å². The summed E-state index contributed by atoms with van der Waals surface area (Å²) >= 11 is 12.1. The van der Waals surface area contributed by atoms with Gasteiger partial charge in [0.1, 0.15) is 11.6 Å². The molecule has 3 aromatic rings. The number of nitrogens with zero attached hydrogens (tertiary/aromatic N) is 2. The lowest BCUT2D eigenvalue weighted by atomic mass is 10.2. The van der Waals surface area contributed by atoms with Gasteiger partial charge in [-0.05, 0) is 49.2 Å². The highest BCUT2D eigenvalue weighted by molar-refractivity contribution is 6.32. The molecule has 1 aliphatic carbocycles. The second-order valence-electron chi connectivity index (χ2n) is 5.34. The molecule has 1 N–H and O–H groups in total. The van der Waals surface area contributed by atoms with Crippen molar-refractivity contribution >= 4 is 34.2 Å². The van der Waals surface area contributed by atoms with E-state index in [0.717, 1.165) is 35.3 Å². The summed E-state index contributed by atoms with van der Waals surface area (Å²) in [6.45, 7) is 0. The van der Waals surface area contributed by atoms with E-state index in [4.69, 9.17) is 28.2 Å². The molecule has 2 aromatic carbocycles. The zero-order valence-electron chi connectivity index (χ0n) is 11.1. The first-order valence-electron chi connectivity index (χ1n) is 6.80. The summed E-state index contributed by atoms with van der Waals surface area (Å²) in [4.78, 5) is 4.72. The Morgan fingerprint density at radius 2 is 1.90 bits per heavy atom. The lowest BCUT2D eigenvalue weighted by molar-refractivity contribution is 0.475. The molecule has 1 aliphatic rings. The quantitative estimate of drug-likeness (QED) is 0.718. The molecule has 0 bridgehead atoms. The van der Waals surface area contributed by atoms with Crippen molar-refractivity contribution in [2.75, 3.05) is 0 Å². The number of imidazole rings is 1. The van der Waals surface area contributed by atoms with Gasteiger partial charge < -0.3 is 9.67 Å². The lowest BCUT2D eigenvalue weighted by Crippen LogP contribution is -1.97. The topological polar surface area (TPSA) is 38.1 Å². The number of phenols is 1. The van der Waals surface area contributed by atoms with Crippen molar-refractivity contribution in [3.05, 3.63) is 46.4 Å². The predicted molar refractivity (Wildman–Crippen MR) is 85.1 cm³/mol. The molecule has 0 radical (unpaired) electrons. The number of aromatic hydroxyl groups is 1. The zero-order chi connectivity index (χ0) is 14.6. The first kappa shape index (κ1) is 13.0. The molecular formula is C16H12Cl2N2O. The highest BCUT2D eigenvalue weighted by Gasteiger charge is 2.28. The smallest absolute Gasteiger partial charge is 0.141 e. The van der Waals surface area contributed by atoms with Crippen molar-refractivity contribution < 1.29 is 5.11 Å². The fourth-order valence-electron chi connectivity index (χ4n) is 2.62. The molecule has 0 atom stereocenters. The third-order valence-corrected chi connectivity index (χ3v) is 4.31. The van der Waals surface area contributed by atoms with Crippen LogP contribution in [-0.4, -0.2) is 14.7 Å². The fraction of sp³-hybridized carbons (Fsp3) is 0.188. The number of halogens is 2. The van der Waals surface area contributed by atoms with Crippen LogP contribution in [0.4, 0.5) is 0 Å². The van der Waals surface area contributed by atoms with Gasteiger partial charge in [0.25, 0.3) is 0 Å².